The molecule has 1 aliphatic heterocycles. The first kappa shape index (κ1) is 20.8. The van der Waals surface area contributed by atoms with Crippen LogP contribution < -0.4 is 4.74 Å². The van der Waals surface area contributed by atoms with E-state index in [4.69, 9.17) is 9.47 Å². The van der Waals surface area contributed by atoms with E-state index >= 15 is 0 Å². The quantitative estimate of drug-likeness (QED) is 0.424. The third-order valence-electron chi connectivity index (χ3n) is 6.07. The summed E-state index contributed by atoms with van der Waals surface area (Å²) in [6.07, 6.45) is 0. The number of hydrogen-bond donors (Lipinski definition) is 1. The van der Waals surface area contributed by atoms with Crippen molar-refractivity contribution in [1.82, 2.24) is 9.88 Å². The number of hydrogen-bond acceptors (Lipinski definition) is 4. The van der Waals surface area contributed by atoms with Crippen LogP contribution in [-0.4, -0.2) is 35.5 Å². The average Bonchev–Trinajstić information content (AvgIpc) is 3.35. The van der Waals surface area contributed by atoms with Crippen molar-refractivity contribution in [3.8, 4) is 5.75 Å². The smallest absolute Gasteiger partial charge is 0.355 e. The van der Waals surface area contributed by atoms with Gasteiger partial charge in [-0.05, 0) is 42.3 Å². The number of amides is 1. The van der Waals surface area contributed by atoms with E-state index in [0.29, 0.717) is 17.8 Å². The molecule has 1 atom stereocenters. The molecule has 0 spiro atoms. The van der Waals surface area contributed by atoms with Crippen LogP contribution in [0.4, 0.5) is 0 Å². The van der Waals surface area contributed by atoms with Gasteiger partial charge in [0.15, 0.2) is 0 Å². The van der Waals surface area contributed by atoms with Crippen LogP contribution in [0.5, 0.6) is 5.75 Å². The van der Waals surface area contributed by atoms with Crippen molar-refractivity contribution in [3.05, 3.63) is 101 Å². The lowest BCUT2D eigenvalue weighted by molar-refractivity contribution is 0.0514. The summed E-state index contributed by atoms with van der Waals surface area (Å²) in [7, 11) is 1.62. The van der Waals surface area contributed by atoms with Gasteiger partial charge in [-0.3, -0.25) is 4.79 Å². The fourth-order valence-corrected chi connectivity index (χ4v) is 4.58. The Morgan fingerprint density at radius 3 is 2.48 bits per heavy atom. The molecule has 0 saturated heterocycles. The Hall–Kier alpha value is -4.06. The van der Waals surface area contributed by atoms with E-state index in [1.807, 2.05) is 77.7 Å². The number of fused-ring (bicyclic) bond motifs is 2. The van der Waals surface area contributed by atoms with Crippen LogP contribution in [0.2, 0.25) is 0 Å². The Balaban J connectivity index is 1.68. The second kappa shape index (κ2) is 8.47. The molecule has 166 valence electrons. The van der Waals surface area contributed by atoms with Gasteiger partial charge in [0.2, 0.25) is 0 Å². The van der Waals surface area contributed by atoms with E-state index in [9.17, 15) is 9.59 Å². The van der Waals surface area contributed by atoms with Crippen molar-refractivity contribution < 1.29 is 19.1 Å². The molecule has 0 saturated carbocycles. The monoisotopic (exact) mass is 440 g/mol. The zero-order chi connectivity index (χ0) is 22.9. The molecule has 6 nitrogen and oxygen atoms in total. The van der Waals surface area contributed by atoms with Gasteiger partial charge in [0.1, 0.15) is 11.4 Å². The average molecular weight is 440 g/mol. The summed E-state index contributed by atoms with van der Waals surface area (Å²) in [6, 6.07) is 22.6. The van der Waals surface area contributed by atoms with E-state index < -0.39 is 12.0 Å². The van der Waals surface area contributed by atoms with Crippen LogP contribution in [0.1, 0.15) is 50.5 Å². The van der Waals surface area contributed by atoms with Crippen LogP contribution in [0.3, 0.4) is 0 Å². The van der Waals surface area contributed by atoms with Gasteiger partial charge < -0.3 is 19.4 Å². The molecule has 3 aromatic carbocycles. The topological polar surface area (TPSA) is 71.6 Å². The molecule has 0 radical (unpaired) electrons. The number of aromatic amines is 1. The summed E-state index contributed by atoms with van der Waals surface area (Å²) in [5.41, 5.74) is 4.47. The number of para-hydroxylation sites is 1. The third-order valence-corrected chi connectivity index (χ3v) is 6.07. The van der Waals surface area contributed by atoms with Crippen LogP contribution in [0, 0.1) is 0 Å². The molecular weight excluding hydrogens is 416 g/mol. The molecule has 5 rings (SSSR count). The number of ether oxygens (including phenoxy) is 2. The number of methoxy groups -OCH3 is 1. The van der Waals surface area contributed by atoms with Crippen LogP contribution in [0.25, 0.3) is 10.9 Å². The predicted molar refractivity (Wildman–Crippen MR) is 125 cm³/mol. The first-order chi connectivity index (χ1) is 16.1. The highest BCUT2D eigenvalue weighted by atomic mass is 16.5. The molecule has 0 bridgehead atoms. The number of esters is 1. The second-order valence-electron chi connectivity index (χ2n) is 7.95. The number of aromatic nitrogens is 1. The zero-order valence-corrected chi connectivity index (χ0v) is 18.5. The van der Waals surface area contributed by atoms with Gasteiger partial charge in [0, 0.05) is 28.6 Å². The van der Waals surface area contributed by atoms with Gasteiger partial charge in [-0.2, -0.15) is 0 Å². The maximum Gasteiger partial charge on any atom is 0.355 e. The number of carbonyl (C=O) groups excluding carboxylic acids is 2. The van der Waals surface area contributed by atoms with Crippen molar-refractivity contribution in [3.63, 3.8) is 0 Å². The molecule has 4 aromatic rings. The molecule has 1 amide bonds. The maximum atomic E-state index is 13.5. The van der Waals surface area contributed by atoms with Crippen molar-refractivity contribution in [2.45, 2.75) is 19.5 Å². The SMILES string of the molecule is CCOC(=O)c1[nH]c2ccccc2c1[C@H]1c2ccccc2C(=O)N1Cc1ccc(OC)cc1. The summed E-state index contributed by atoms with van der Waals surface area (Å²) in [5, 5.41) is 0.898. The number of carbonyl (C=O) groups is 2. The Morgan fingerprint density at radius 1 is 1.00 bits per heavy atom. The van der Waals surface area contributed by atoms with E-state index in [1.165, 1.54) is 0 Å². The molecule has 6 heteroatoms. The maximum absolute atomic E-state index is 13.5. The molecule has 1 aliphatic rings. The third kappa shape index (κ3) is 3.53. The highest BCUT2D eigenvalue weighted by Gasteiger charge is 2.41. The van der Waals surface area contributed by atoms with Gasteiger partial charge in [-0.1, -0.05) is 48.5 Å². The fraction of sp³-hybridized carbons (Fsp3) is 0.185. The Kier molecular flexibility index (Phi) is 5.34. The van der Waals surface area contributed by atoms with E-state index in [-0.39, 0.29) is 12.5 Å². The van der Waals surface area contributed by atoms with Crippen LogP contribution in [-0.2, 0) is 11.3 Å². The highest BCUT2D eigenvalue weighted by molar-refractivity contribution is 6.04. The number of H-pyrrole nitrogens is 1. The van der Waals surface area contributed by atoms with Gasteiger partial charge in [-0.15, -0.1) is 0 Å². The Labute approximate surface area is 191 Å². The normalized spacial score (nSPS) is 15.0. The van der Waals surface area contributed by atoms with E-state index in [1.54, 1.807) is 14.0 Å². The highest BCUT2D eigenvalue weighted by Crippen LogP contribution is 2.43. The van der Waals surface area contributed by atoms with Crippen molar-refractivity contribution in [2.75, 3.05) is 13.7 Å². The molecule has 1 aromatic heterocycles. The molecule has 0 unspecified atom stereocenters. The lowest BCUT2D eigenvalue weighted by atomic mass is 9.95. The predicted octanol–water partition coefficient (Wildman–Crippen LogP) is 5.10. The van der Waals surface area contributed by atoms with Crippen LogP contribution >= 0.6 is 0 Å². The lowest BCUT2D eigenvalue weighted by Gasteiger charge is -2.26. The summed E-state index contributed by atoms with van der Waals surface area (Å²) in [5.74, 6) is 0.268. The summed E-state index contributed by atoms with van der Waals surface area (Å²) in [4.78, 5) is 31.6. The van der Waals surface area contributed by atoms with Crippen LogP contribution in [0.15, 0.2) is 72.8 Å². The first-order valence-corrected chi connectivity index (χ1v) is 10.9. The number of nitrogens with zero attached hydrogens (tertiary/aromatic N) is 1. The summed E-state index contributed by atoms with van der Waals surface area (Å²) in [6.45, 7) is 2.44. The zero-order valence-electron chi connectivity index (χ0n) is 18.5. The van der Waals surface area contributed by atoms with E-state index in [2.05, 4.69) is 4.98 Å². The summed E-state index contributed by atoms with van der Waals surface area (Å²) >= 11 is 0. The number of benzene rings is 3. The summed E-state index contributed by atoms with van der Waals surface area (Å²) < 4.78 is 10.6. The first-order valence-electron chi connectivity index (χ1n) is 10.9. The van der Waals surface area contributed by atoms with Gasteiger partial charge in [0.25, 0.3) is 5.91 Å². The second-order valence-corrected chi connectivity index (χ2v) is 7.95. The van der Waals surface area contributed by atoms with Gasteiger partial charge in [-0.25, -0.2) is 4.79 Å². The minimum atomic E-state index is -0.426. The Bertz CT molecular complexity index is 1340. The van der Waals surface area contributed by atoms with E-state index in [0.717, 1.165) is 33.3 Å². The number of rotatable bonds is 6. The fourth-order valence-electron chi connectivity index (χ4n) is 4.58. The molecule has 0 aliphatic carbocycles. The molecule has 1 N–H and O–H groups in total. The standard InChI is InChI=1S/C27H24N2O4/c1-3-33-27(31)24-23(21-10-6-7-11-22(21)28-24)25-19-8-4-5-9-20(19)26(30)29(25)16-17-12-14-18(32-2)15-13-17/h4-15,25,28H,3,16H2,1-2H3/t25-/m1/s1. The van der Waals surface area contributed by atoms with Crippen molar-refractivity contribution in [1.29, 1.82) is 0 Å². The minimum Gasteiger partial charge on any atom is -0.497 e. The molecule has 0 fully saturated rings. The van der Waals surface area contributed by atoms with Crippen molar-refractivity contribution in [2.24, 2.45) is 0 Å². The molecule has 2 heterocycles. The lowest BCUT2D eigenvalue weighted by Crippen LogP contribution is -2.29. The largest absolute Gasteiger partial charge is 0.497 e. The minimum absolute atomic E-state index is 0.0634. The van der Waals surface area contributed by atoms with Gasteiger partial charge in [0.05, 0.1) is 19.8 Å². The van der Waals surface area contributed by atoms with Gasteiger partial charge >= 0.3 is 5.97 Å². The number of nitrogens with one attached hydrogen (secondary N) is 1. The Morgan fingerprint density at radius 2 is 1.73 bits per heavy atom. The molecular formula is C27H24N2O4. The molecule has 33 heavy (non-hydrogen) atoms. The van der Waals surface area contributed by atoms with Crippen molar-refractivity contribution >= 4 is 22.8 Å².